The van der Waals surface area contributed by atoms with Crippen molar-refractivity contribution in [1.29, 1.82) is 0 Å². The molecule has 0 heterocycles. The highest BCUT2D eigenvalue weighted by molar-refractivity contribution is 7.91. The van der Waals surface area contributed by atoms with E-state index in [1.54, 1.807) is 30.3 Å². The number of carbonyl (C=O) groups is 3. The smallest absolute Gasteiger partial charge is 0.336 e. The van der Waals surface area contributed by atoms with Crippen LogP contribution in [0.4, 0.5) is 4.39 Å². The minimum Gasteiger partial charge on any atom is -0.494 e. The van der Waals surface area contributed by atoms with E-state index in [1.807, 2.05) is 0 Å². The third kappa shape index (κ3) is 16.6. The molecule has 0 aliphatic heterocycles. The van der Waals surface area contributed by atoms with Gasteiger partial charge in [0, 0.05) is 12.8 Å². The van der Waals surface area contributed by atoms with Gasteiger partial charge in [-0.3, -0.25) is 9.18 Å². The number of alkyl halides is 1. The number of rotatable bonds is 27. The van der Waals surface area contributed by atoms with E-state index in [0.717, 1.165) is 45.6 Å². The van der Waals surface area contributed by atoms with Crippen molar-refractivity contribution in [3.8, 4) is 5.75 Å². The first kappa shape index (κ1) is 42.0. The van der Waals surface area contributed by atoms with E-state index in [0.29, 0.717) is 56.4 Å². The van der Waals surface area contributed by atoms with Crippen LogP contribution in [0.3, 0.4) is 0 Å². The van der Waals surface area contributed by atoms with E-state index in [-0.39, 0.29) is 17.9 Å². The standard InChI is InChI=1S/C35H56FNO9S/c1-4-6-8-12-15-25-47(43,44)26-16-13-10-9-11-14-17-30(35(42,22-23-36)34(40)41)32(38)37-31(33(39)45-3)27-28-18-20-29(21-19-28)46-24-7-5-2/h14,17-21,30-31,42H,4-13,15-16,22-27H2,1-3H3,(H,37,38)(H,40,41)/b17-14+/t30-,31+,35+/m1/s1. The zero-order valence-electron chi connectivity index (χ0n) is 28.4. The topological polar surface area (TPSA) is 156 Å². The number of allylic oxidation sites excluding steroid dienone is 1. The lowest BCUT2D eigenvalue weighted by atomic mass is 9.83. The molecule has 268 valence electrons. The van der Waals surface area contributed by atoms with Gasteiger partial charge in [0.2, 0.25) is 5.91 Å². The summed E-state index contributed by atoms with van der Waals surface area (Å²) in [6.45, 7) is 3.55. The van der Waals surface area contributed by atoms with E-state index in [1.165, 1.54) is 6.08 Å². The number of benzene rings is 1. The summed E-state index contributed by atoms with van der Waals surface area (Å²) < 4.78 is 48.4. The molecule has 3 N–H and O–H groups in total. The highest BCUT2D eigenvalue weighted by Gasteiger charge is 2.47. The van der Waals surface area contributed by atoms with Crippen molar-refractivity contribution in [2.45, 2.75) is 115 Å². The number of amides is 1. The van der Waals surface area contributed by atoms with Crippen molar-refractivity contribution >= 4 is 27.7 Å². The minimum absolute atomic E-state index is 0.0211. The molecule has 0 fully saturated rings. The van der Waals surface area contributed by atoms with Crippen LogP contribution in [0.2, 0.25) is 0 Å². The number of methoxy groups -OCH3 is 1. The van der Waals surface area contributed by atoms with Crippen molar-refractivity contribution in [2.75, 3.05) is 31.9 Å². The number of hydrogen-bond donors (Lipinski definition) is 3. The van der Waals surface area contributed by atoms with Gasteiger partial charge in [-0.05, 0) is 49.8 Å². The van der Waals surface area contributed by atoms with Crippen LogP contribution < -0.4 is 10.1 Å². The summed E-state index contributed by atoms with van der Waals surface area (Å²) in [6.07, 6.45) is 11.8. The number of unbranched alkanes of at least 4 members (excludes halogenated alkanes) is 9. The molecule has 0 spiro atoms. The SMILES string of the molecule is CCCCCCCS(=O)(=O)CCCCCC/C=C/[C@H](C(=O)N[C@@H](Cc1ccc(OCCCC)cc1)C(=O)OC)[C@@](O)(CCF)C(=O)O. The average molecular weight is 686 g/mol. The van der Waals surface area contributed by atoms with Gasteiger partial charge in [-0.1, -0.05) is 83.1 Å². The Bertz CT molecular complexity index is 1190. The van der Waals surface area contributed by atoms with Gasteiger partial charge in [0.05, 0.1) is 37.8 Å². The zero-order chi connectivity index (χ0) is 35.1. The number of aliphatic carboxylic acids is 1. The molecule has 1 aromatic carbocycles. The summed E-state index contributed by atoms with van der Waals surface area (Å²) in [5.74, 6) is -4.18. The molecule has 0 saturated heterocycles. The molecule has 0 radical (unpaired) electrons. The Morgan fingerprint density at radius 1 is 0.936 bits per heavy atom. The number of carbonyl (C=O) groups excluding carboxylic acids is 2. The molecule has 0 aliphatic carbocycles. The third-order valence-corrected chi connectivity index (χ3v) is 9.86. The Balaban J connectivity index is 2.84. The minimum atomic E-state index is -3.07. The first-order valence-electron chi connectivity index (χ1n) is 16.9. The van der Waals surface area contributed by atoms with Crippen LogP contribution in [0, 0.1) is 5.92 Å². The van der Waals surface area contributed by atoms with Gasteiger partial charge in [-0.2, -0.15) is 0 Å². The fourth-order valence-electron chi connectivity index (χ4n) is 5.09. The van der Waals surface area contributed by atoms with Crippen LogP contribution in [-0.4, -0.2) is 80.0 Å². The second kappa shape index (κ2) is 23.4. The molecule has 47 heavy (non-hydrogen) atoms. The average Bonchev–Trinajstić information content (AvgIpc) is 3.04. The van der Waals surface area contributed by atoms with E-state index in [4.69, 9.17) is 9.47 Å². The number of esters is 1. The number of ether oxygens (including phenoxy) is 2. The molecular formula is C35H56FNO9S. The lowest BCUT2D eigenvalue weighted by Crippen LogP contribution is -2.55. The number of sulfone groups is 1. The molecule has 3 atom stereocenters. The van der Waals surface area contributed by atoms with E-state index < -0.39 is 58.3 Å². The van der Waals surface area contributed by atoms with Gasteiger partial charge >= 0.3 is 11.9 Å². The van der Waals surface area contributed by atoms with Gasteiger partial charge in [-0.15, -0.1) is 0 Å². The summed E-state index contributed by atoms with van der Waals surface area (Å²) in [6, 6.07) is 5.76. The van der Waals surface area contributed by atoms with Gasteiger partial charge < -0.3 is 25.0 Å². The third-order valence-electron chi connectivity index (χ3n) is 8.04. The first-order chi connectivity index (χ1) is 22.4. The van der Waals surface area contributed by atoms with Gasteiger partial charge in [0.25, 0.3) is 0 Å². The Kier molecular flexibility index (Phi) is 20.9. The Hall–Kier alpha value is -2.99. The molecule has 1 rings (SSSR count). The quantitative estimate of drug-likeness (QED) is 0.0596. The fraction of sp³-hybridized carbons (Fsp3) is 0.686. The Morgan fingerprint density at radius 2 is 1.53 bits per heavy atom. The lowest BCUT2D eigenvalue weighted by Gasteiger charge is -2.30. The fourth-order valence-corrected chi connectivity index (χ4v) is 6.58. The molecule has 0 saturated carbocycles. The van der Waals surface area contributed by atoms with Crippen LogP contribution in [0.25, 0.3) is 0 Å². The maximum absolute atomic E-state index is 13.4. The largest absolute Gasteiger partial charge is 0.494 e. The zero-order valence-corrected chi connectivity index (χ0v) is 29.2. The molecule has 0 unspecified atom stereocenters. The van der Waals surface area contributed by atoms with Crippen molar-refractivity contribution in [3.63, 3.8) is 0 Å². The highest BCUT2D eigenvalue weighted by Crippen LogP contribution is 2.26. The molecule has 0 aromatic heterocycles. The van der Waals surface area contributed by atoms with E-state index in [9.17, 15) is 37.4 Å². The summed E-state index contributed by atoms with van der Waals surface area (Å²) in [4.78, 5) is 38.1. The lowest BCUT2D eigenvalue weighted by molar-refractivity contribution is -0.168. The van der Waals surface area contributed by atoms with E-state index in [2.05, 4.69) is 19.2 Å². The number of nitrogens with one attached hydrogen (secondary N) is 1. The van der Waals surface area contributed by atoms with Gasteiger partial charge in [0.15, 0.2) is 5.60 Å². The molecule has 0 aliphatic rings. The Labute approximate surface area is 280 Å². The summed E-state index contributed by atoms with van der Waals surface area (Å²) >= 11 is 0. The van der Waals surface area contributed by atoms with Crippen LogP contribution in [-0.2, 0) is 35.4 Å². The summed E-state index contributed by atoms with van der Waals surface area (Å²) in [7, 11) is -1.92. The van der Waals surface area contributed by atoms with Crippen LogP contribution in [0.1, 0.15) is 103 Å². The molecular weight excluding hydrogens is 629 g/mol. The second-order valence-electron chi connectivity index (χ2n) is 12.0. The van der Waals surface area contributed by atoms with Crippen LogP contribution in [0.5, 0.6) is 5.75 Å². The first-order valence-corrected chi connectivity index (χ1v) is 18.7. The van der Waals surface area contributed by atoms with E-state index >= 15 is 0 Å². The number of carboxylic acids is 1. The van der Waals surface area contributed by atoms with Crippen molar-refractivity contribution in [3.05, 3.63) is 42.0 Å². The number of halogens is 1. The number of aliphatic hydroxyl groups is 1. The molecule has 12 heteroatoms. The maximum atomic E-state index is 13.4. The second-order valence-corrected chi connectivity index (χ2v) is 14.3. The maximum Gasteiger partial charge on any atom is 0.336 e. The Morgan fingerprint density at radius 3 is 2.09 bits per heavy atom. The summed E-state index contributed by atoms with van der Waals surface area (Å²) in [5.41, 5.74) is -2.08. The van der Waals surface area contributed by atoms with Gasteiger partial charge in [-0.25, -0.2) is 18.0 Å². The predicted octanol–water partition coefficient (Wildman–Crippen LogP) is 5.75. The van der Waals surface area contributed by atoms with Crippen molar-refractivity contribution < 1.29 is 46.9 Å². The molecule has 0 bridgehead atoms. The van der Waals surface area contributed by atoms with Crippen molar-refractivity contribution in [2.24, 2.45) is 5.92 Å². The van der Waals surface area contributed by atoms with Crippen LogP contribution in [0.15, 0.2) is 36.4 Å². The summed E-state index contributed by atoms with van der Waals surface area (Å²) in [5, 5.41) is 23.2. The number of carboxylic acid groups (broad SMARTS) is 1. The predicted molar refractivity (Wildman–Crippen MR) is 181 cm³/mol. The highest BCUT2D eigenvalue weighted by atomic mass is 32.2. The number of hydrogen-bond acceptors (Lipinski definition) is 8. The normalized spacial score (nSPS) is 14.3. The molecule has 1 amide bonds. The van der Waals surface area contributed by atoms with Gasteiger partial charge in [0.1, 0.15) is 21.6 Å². The van der Waals surface area contributed by atoms with Crippen molar-refractivity contribution in [1.82, 2.24) is 5.32 Å². The monoisotopic (exact) mass is 685 g/mol. The molecule has 1 aromatic rings. The molecule has 10 nitrogen and oxygen atoms in total. The van der Waals surface area contributed by atoms with Crippen LogP contribution >= 0.6 is 0 Å².